The highest BCUT2D eigenvalue weighted by atomic mass is 35.5. The van der Waals surface area contributed by atoms with Crippen LogP contribution in [-0.2, 0) is 9.53 Å². The van der Waals surface area contributed by atoms with Crippen LogP contribution in [0, 0.1) is 6.92 Å². The van der Waals surface area contributed by atoms with E-state index in [4.69, 9.17) is 21.1 Å². The second kappa shape index (κ2) is 5.31. The molecule has 0 aliphatic rings. The SMILES string of the molecule is CCOC(=O)C(C)(C)Oc1nc(Cl)ncc1C. The Morgan fingerprint density at radius 1 is 1.53 bits per heavy atom. The van der Waals surface area contributed by atoms with Crippen molar-refractivity contribution in [3.05, 3.63) is 17.0 Å². The van der Waals surface area contributed by atoms with E-state index < -0.39 is 11.6 Å². The summed E-state index contributed by atoms with van der Waals surface area (Å²) in [7, 11) is 0. The fourth-order valence-electron chi connectivity index (χ4n) is 1.10. The molecule has 6 heteroatoms. The number of ether oxygens (including phenoxy) is 2. The first-order valence-electron chi connectivity index (χ1n) is 5.22. The number of nitrogens with zero attached hydrogens (tertiary/aromatic N) is 2. The van der Waals surface area contributed by atoms with Gasteiger partial charge in [-0.15, -0.1) is 0 Å². The first kappa shape index (κ1) is 13.7. The largest absolute Gasteiger partial charge is 0.463 e. The number of hydrogen-bond acceptors (Lipinski definition) is 5. The number of rotatable bonds is 4. The van der Waals surface area contributed by atoms with Crippen molar-refractivity contribution in [2.45, 2.75) is 33.3 Å². The summed E-state index contributed by atoms with van der Waals surface area (Å²) < 4.78 is 10.4. The normalized spacial score (nSPS) is 11.1. The summed E-state index contributed by atoms with van der Waals surface area (Å²) in [6.07, 6.45) is 1.53. The van der Waals surface area contributed by atoms with Crippen LogP contribution in [0.2, 0.25) is 5.28 Å². The van der Waals surface area contributed by atoms with Crippen molar-refractivity contribution < 1.29 is 14.3 Å². The van der Waals surface area contributed by atoms with Gasteiger partial charge in [-0.2, -0.15) is 4.98 Å². The minimum Gasteiger partial charge on any atom is -0.463 e. The molecule has 0 amide bonds. The van der Waals surface area contributed by atoms with Crippen LogP contribution in [0.15, 0.2) is 6.20 Å². The fraction of sp³-hybridized carbons (Fsp3) is 0.545. The lowest BCUT2D eigenvalue weighted by atomic mass is 10.1. The standard InChI is InChI=1S/C11H15ClN2O3/c1-5-16-9(15)11(3,4)17-8-7(2)6-13-10(12)14-8/h6H,5H2,1-4H3. The molecular weight excluding hydrogens is 244 g/mol. The molecule has 0 bridgehead atoms. The molecule has 5 nitrogen and oxygen atoms in total. The zero-order valence-electron chi connectivity index (χ0n) is 10.3. The molecule has 0 aliphatic heterocycles. The number of esters is 1. The molecule has 1 aromatic heterocycles. The molecule has 0 spiro atoms. The predicted molar refractivity (Wildman–Crippen MR) is 63.1 cm³/mol. The summed E-state index contributed by atoms with van der Waals surface area (Å²) in [5.74, 6) is -0.169. The monoisotopic (exact) mass is 258 g/mol. The van der Waals surface area contributed by atoms with Crippen LogP contribution in [0.5, 0.6) is 5.88 Å². The number of aromatic nitrogens is 2. The average Bonchev–Trinajstić information content (AvgIpc) is 2.23. The summed E-state index contributed by atoms with van der Waals surface area (Å²) in [5, 5.41) is 0.0743. The summed E-state index contributed by atoms with van der Waals surface area (Å²) >= 11 is 5.67. The fourth-order valence-corrected chi connectivity index (χ4v) is 1.22. The highest BCUT2D eigenvalue weighted by molar-refractivity contribution is 6.28. The van der Waals surface area contributed by atoms with Gasteiger partial charge >= 0.3 is 5.97 Å². The van der Waals surface area contributed by atoms with Crippen LogP contribution in [0.25, 0.3) is 0 Å². The molecule has 0 N–H and O–H groups in total. The zero-order valence-corrected chi connectivity index (χ0v) is 11.0. The highest BCUT2D eigenvalue weighted by Gasteiger charge is 2.32. The maximum atomic E-state index is 11.6. The van der Waals surface area contributed by atoms with Crippen molar-refractivity contribution in [2.24, 2.45) is 0 Å². The Kier molecular flexibility index (Phi) is 4.28. The lowest BCUT2D eigenvalue weighted by Gasteiger charge is -2.23. The van der Waals surface area contributed by atoms with Crippen molar-refractivity contribution >= 4 is 17.6 Å². The lowest BCUT2D eigenvalue weighted by molar-refractivity contribution is -0.159. The number of carbonyl (C=O) groups excluding carboxylic acids is 1. The second-order valence-corrected chi connectivity index (χ2v) is 4.30. The van der Waals surface area contributed by atoms with Gasteiger partial charge in [0.25, 0.3) is 0 Å². The van der Waals surface area contributed by atoms with Gasteiger partial charge in [0, 0.05) is 11.8 Å². The highest BCUT2D eigenvalue weighted by Crippen LogP contribution is 2.21. The Hall–Kier alpha value is -1.36. The van der Waals surface area contributed by atoms with Gasteiger partial charge < -0.3 is 9.47 Å². The predicted octanol–water partition coefficient (Wildman–Crippen LogP) is 2.16. The van der Waals surface area contributed by atoms with Crippen LogP contribution in [0.3, 0.4) is 0 Å². The molecule has 94 valence electrons. The Bertz CT molecular complexity index is 421. The Balaban J connectivity index is 2.89. The Morgan fingerprint density at radius 2 is 2.18 bits per heavy atom. The average molecular weight is 259 g/mol. The van der Waals surface area contributed by atoms with Crippen LogP contribution in [0.1, 0.15) is 26.3 Å². The third kappa shape index (κ3) is 3.56. The molecule has 0 radical (unpaired) electrons. The quantitative estimate of drug-likeness (QED) is 0.612. The number of halogens is 1. The van der Waals surface area contributed by atoms with Crippen LogP contribution >= 0.6 is 11.6 Å². The van der Waals surface area contributed by atoms with E-state index in [1.165, 1.54) is 6.20 Å². The first-order valence-corrected chi connectivity index (χ1v) is 5.60. The summed E-state index contributed by atoms with van der Waals surface area (Å²) in [5.41, 5.74) is -0.412. The molecular formula is C11H15ClN2O3. The third-order valence-corrected chi connectivity index (χ3v) is 2.20. The molecule has 1 heterocycles. The number of hydrogen-bond donors (Lipinski definition) is 0. The number of aryl methyl sites for hydroxylation is 1. The minimum atomic E-state index is -1.11. The topological polar surface area (TPSA) is 61.3 Å². The van der Waals surface area contributed by atoms with E-state index in [1.807, 2.05) is 0 Å². The third-order valence-electron chi connectivity index (χ3n) is 2.01. The molecule has 0 atom stereocenters. The maximum Gasteiger partial charge on any atom is 0.349 e. The molecule has 0 saturated heterocycles. The van der Waals surface area contributed by atoms with Crippen LogP contribution < -0.4 is 4.74 Å². The van der Waals surface area contributed by atoms with Crippen molar-refractivity contribution in [3.8, 4) is 5.88 Å². The van der Waals surface area contributed by atoms with Gasteiger partial charge in [0.15, 0.2) is 0 Å². The molecule has 0 aromatic carbocycles. The van der Waals surface area contributed by atoms with E-state index in [2.05, 4.69) is 9.97 Å². The van der Waals surface area contributed by atoms with E-state index in [0.717, 1.165) is 0 Å². The summed E-state index contributed by atoms with van der Waals surface area (Å²) in [6, 6.07) is 0. The van der Waals surface area contributed by atoms with E-state index in [-0.39, 0.29) is 11.2 Å². The smallest absolute Gasteiger partial charge is 0.349 e. The van der Waals surface area contributed by atoms with E-state index in [0.29, 0.717) is 12.2 Å². The number of carbonyl (C=O) groups is 1. The van der Waals surface area contributed by atoms with Gasteiger partial charge in [-0.3, -0.25) is 0 Å². The molecule has 1 rings (SSSR count). The van der Waals surface area contributed by atoms with E-state index >= 15 is 0 Å². The minimum absolute atomic E-state index is 0.0743. The molecule has 17 heavy (non-hydrogen) atoms. The maximum absolute atomic E-state index is 11.6. The molecule has 0 unspecified atom stereocenters. The first-order chi connectivity index (χ1) is 7.86. The molecule has 0 fully saturated rings. The van der Waals surface area contributed by atoms with E-state index in [1.54, 1.807) is 27.7 Å². The van der Waals surface area contributed by atoms with Crippen molar-refractivity contribution in [1.29, 1.82) is 0 Å². The van der Waals surface area contributed by atoms with Gasteiger partial charge in [0.2, 0.25) is 16.8 Å². The zero-order chi connectivity index (χ0) is 13.1. The summed E-state index contributed by atoms with van der Waals surface area (Å²) in [6.45, 7) is 7.03. The Labute approximate surface area is 105 Å². The van der Waals surface area contributed by atoms with Gasteiger partial charge in [-0.25, -0.2) is 9.78 Å². The van der Waals surface area contributed by atoms with Crippen molar-refractivity contribution in [1.82, 2.24) is 9.97 Å². The molecule has 0 aliphatic carbocycles. The summed E-state index contributed by atoms with van der Waals surface area (Å²) in [4.78, 5) is 19.4. The van der Waals surface area contributed by atoms with E-state index in [9.17, 15) is 4.79 Å². The second-order valence-electron chi connectivity index (χ2n) is 3.96. The molecule has 0 saturated carbocycles. The van der Waals surface area contributed by atoms with Gasteiger partial charge in [0.1, 0.15) is 0 Å². The van der Waals surface area contributed by atoms with Gasteiger partial charge in [-0.05, 0) is 39.3 Å². The van der Waals surface area contributed by atoms with Gasteiger partial charge in [0.05, 0.1) is 6.61 Å². The molecule has 1 aromatic rings. The van der Waals surface area contributed by atoms with Crippen LogP contribution in [-0.4, -0.2) is 28.1 Å². The van der Waals surface area contributed by atoms with Crippen molar-refractivity contribution in [2.75, 3.05) is 6.61 Å². The van der Waals surface area contributed by atoms with Gasteiger partial charge in [-0.1, -0.05) is 0 Å². The Morgan fingerprint density at radius 3 is 2.76 bits per heavy atom. The lowest BCUT2D eigenvalue weighted by Crippen LogP contribution is -2.40. The van der Waals surface area contributed by atoms with Crippen LogP contribution in [0.4, 0.5) is 0 Å². The van der Waals surface area contributed by atoms with Crippen molar-refractivity contribution in [3.63, 3.8) is 0 Å².